The first kappa shape index (κ1) is 17.6. The number of nitrogens with one attached hydrogen (secondary N) is 1. The molecule has 2 atom stereocenters. The molecule has 1 aromatic heterocycles. The van der Waals surface area contributed by atoms with Gasteiger partial charge in [-0.3, -0.25) is 4.98 Å². The number of pyridine rings is 1. The molecule has 124 valence electrons. The molecule has 1 aromatic carbocycles. The number of aliphatic hydroxyl groups excluding tert-OH is 1. The van der Waals surface area contributed by atoms with Gasteiger partial charge in [0.2, 0.25) is 0 Å². The zero-order chi connectivity index (χ0) is 16.9. The molecule has 2 unspecified atom stereocenters. The number of benzene rings is 1. The van der Waals surface area contributed by atoms with E-state index in [1.807, 2.05) is 12.1 Å². The second kappa shape index (κ2) is 7.66. The van der Waals surface area contributed by atoms with E-state index in [2.05, 4.69) is 31.1 Å². The maximum atomic E-state index is 13.2. The van der Waals surface area contributed by atoms with Gasteiger partial charge in [0.25, 0.3) is 0 Å². The Hall–Kier alpha value is -1.78. The number of rotatable bonds is 6. The first-order valence-electron chi connectivity index (χ1n) is 7.92. The minimum atomic E-state index is -0.596. The van der Waals surface area contributed by atoms with Crippen LogP contribution in [0.3, 0.4) is 0 Å². The van der Waals surface area contributed by atoms with Crippen LogP contribution in [0.2, 0.25) is 0 Å². The Morgan fingerprint density at radius 2 is 1.65 bits per heavy atom. The summed E-state index contributed by atoms with van der Waals surface area (Å²) in [5.41, 5.74) is 1.98. The Bertz CT molecular complexity index is 593. The maximum absolute atomic E-state index is 13.2. The van der Waals surface area contributed by atoms with Crippen LogP contribution in [-0.2, 0) is 0 Å². The van der Waals surface area contributed by atoms with Crippen LogP contribution in [0.5, 0.6) is 0 Å². The molecule has 0 amide bonds. The van der Waals surface area contributed by atoms with Crippen molar-refractivity contribution in [2.45, 2.75) is 39.3 Å². The van der Waals surface area contributed by atoms with Gasteiger partial charge >= 0.3 is 0 Å². The molecule has 0 spiro atoms. The number of aromatic nitrogens is 1. The summed E-state index contributed by atoms with van der Waals surface area (Å²) < 4.78 is 13.2. The fourth-order valence-corrected chi connectivity index (χ4v) is 2.57. The molecule has 0 bridgehead atoms. The van der Waals surface area contributed by atoms with Crippen LogP contribution < -0.4 is 5.32 Å². The van der Waals surface area contributed by atoms with Crippen LogP contribution in [0, 0.1) is 11.2 Å². The highest BCUT2D eigenvalue weighted by Gasteiger charge is 2.21. The number of hydrogen-bond acceptors (Lipinski definition) is 3. The Labute approximate surface area is 137 Å². The molecular weight excluding hydrogens is 291 g/mol. The molecule has 2 N–H and O–H groups in total. The molecule has 1 heterocycles. The molecule has 0 radical (unpaired) electrons. The minimum absolute atomic E-state index is 0.0621. The van der Waals surface area contributed by atoms with Crippen LogP contribution >= 0.6 is 0 Å². The molecule has 2 aromatic rings. The van der Waals surface area contributed by atoms with Gasteiger partial charge in [-0.1, -0.05) is 32.9 Å². The van der Waals surface area contributed by atoms with Crippen molar-refractivity contribution in [1.29, 1.82) is 0 Å². The van der Waals surface area contributed by atoms with Crippen molar-refractivity contribution in [3.8, 4) is 0 Å². The molecule has 0 aliphatic carbocycles. The summed E-state index contributed by atoms with van der Waals surface area (Å²) in [5.74, 6) is -0.236. The average Bonchev–Trinajstić information content (AvgIpc) is 2.52. The zero-order valence-electron chi connectivity index (χ0n) is 14.0. The van der Waals surface area contributed by atoms with Gasteiger partial charge < -0.3 is 10.4 Å². The third kappa shape index (κ3) is 5.73. The molecule has 3 nitrogen and oxygen atoms in total. The van der Waals surface area contributed by atoms with E-state index in [0.29, 0.717) is 6.54 Å². The molecule has 2 rings (SSSR count). The maximum Gasteiger partial charge on any atom is 0.123 e. The smallest absolute Gasteiger partial charge is 0.123 e. The molecular formula is C19H25FN2O. The normalized spacial score (nSPS) is 14.5. The lowest BCUT2D eigenvalue weighted by Gasteiger charge is -2.28. The van der Waals surface area contributed by atoms with E-state index in [1.165, 1.54) is 12.1 Å². The zero-order valence-corrected chi connectivity index (χ0v) is 14.0. The van der Waals surface area contributed by atoms with E-state index < -0.39 is 6.10 Å². The van der Waals surface area contributed by atoms with Crippen molar-refractivity contribution in [1.82, 2.24) is 10.3 Å². The van der Waals surface area contributed by atoms with Gasteiger partial charge in [-0.05, 0) is 47.2 Å². The van der Waals surface area contributed by atoms with E-state index in [1.54, 1.807) is 24.5 Å². The second-order valence-electron chi connectivity index (χ2n) is 7.07. The van der Waals surface area contributed by atoms with Gasteiger partial charge in [-0.25, -0.2) is 4.39 Å². The third-order valence-electron chi connectivity index (χ3n) is 3.74. The fraction of sp³-hybridized carbons (Fsp3) is 0.421. The molecule has 0 saturated carbocycles. The minimum Gasteiger partial charge on any atom is -0.387 e. The lowest BCUT2D eigenvalue weighted by Crippen LogP contribution is -2.29. The largest absolute Gasteiger partial charge is 0.387 e. The van der Waals surface area contributed by atoms with Crippen LogP contribution in [0.4, 0.5) is 4.39 Å². The van der Waals surface area contributed by atoms with Crippen molar-refractivity contribution in [3.05, 3.63) is 65.7 Å². The Balaban J connectivity index is 2.07. The Kier molecular flexibility index (Phi) is 5.85. The molecule has 0 aliphatic rings. The summed E-state index contributed by atoms with van der Waals surface area (Å²) in [5, 5.41) is 13.7. The van der Waals surface area contributed by atoms with Crippen molar-refractivity contribution in [3.63, 3.8) is 0 Å². The molecule has 0 saturated heterocycles. The highest BCUT2D eigenvalue weighted by Crippen LogP contribution is 2.30. The van der Waals surface area contributed by atoms with Gasteiger partial charge in [0.15, 0.2) is 0 Å². The summed E-state index contributed by atoms with van der Waals surface area (Å²) in [6.45, 7) is 6.95. The first-order chi connectivity index (χ1) is 10.8. The monoisotopic (exact) mass is 316 g/mol. The summed E-state index contributed by atoms with van der Waals surface area (Å²) in [7, 11) is 0. The molecule has 0 fully saturated rings. The number of halogens is 1. The number of nitrogens with zero attached hydrogens (tertiary/aromatic N) is 1. The summed E-state index contributed by atoms with van der Waals surface area (Å²) in [6, 6.07) is 10.2. The highest BCUT2D eigenvalue weighted by molar-refractivity contribution is 5.21. The quantitative estimate of drug-likeness (QED) is 0.846. The van der Waals surface area contributed by atoms with Crippen LogP contribution in [0.1, 0.15) is 50.5 Å². The van der Waals surface area contributed by atoms with Gasteiger partial charge in [-0.15, -0.1) is 0 Å². The molecule has 0 aliphatic heterocycles. The number of aliphatic hydroxyl groups is 1. The van der Waals surface area contributed by atoms with E-state index in [4.69, 9.17) is 0 Å². The van der Waals surface area contributed by atoms with E-state index in [9.17, 15) is 9.50 Å². The lowest BCUT2D eigenvalue weighted by atomic mass is 9.85. The van der Waals surface area contributed by atoms with Crippen LogP contribution in [0.25, 0.3) is 0 Å². The second-order valence-corrected chi connectivity index (χ2v) is 7.07. The summed E-state index contributed by atoms with van der Waals surface area (Å²) in [6.07, 6.45) is 3.64. The Morgan fingerprint density at radius 3 is 2.22 bits per heavy atom. The van der Waals surface area contributed by atoms with E-state index in [-0.39, 0.29) is 17.3 Å². The summed E-state index contributed by atoms with van der Waals surface area (Å²) >= 11 is 0. The van der Waals surface area contributed by atoms with Gasteiger partial charge in [-0.2, -0.15) is 0 Å². The van der Waals surface area contributed by atoms with Crippen molar-refractivity contribution in [2.24, 2.45) is 5.41 Å². The van der Waals surface area contributed by atoms with E-state index >= 15 is 0 Å². The van der Waals surface area contributed by atoms with Crippen molar-refractivity contribution in [2.75, 3.05) is 6.54 Å². The first-order valence-corrected chi connectivity index (χ1v) is 7.92. The van der Waals surface area contributed by atoms with Crippen molar-refractivity contribution < 1.29 is 9.50 Å². The van der Waals surface area contributed by atoms with Crippen molar-refractivity contribution >= 4 is 0 Å². The number of hydrogen-bond donors (Lipinski definition) is 2. The van der Waals surface area contributed by atoms with Gasteiger partial charge in [0.1, 0.15) is 5.82 Å². The standard InChI is InChI=1S/C19H25FN2O/c1-19(2,3)12-17(14-4-6-16(20)7-5-14)22-13-18(23)15-8-10-21-11-9-15/h4-11,17-18,22-23H,12-13H2,1-3H3. The SMILES string of the molecule is CC(C)(C)CC(NCC(O)c1ccncc1)c1ccc(F)cc1. The van der Waals surface area contributed by atoms with E-state index in [0.717, 1.165) is 17.5 Å². The lowest BCUT2D eigenvalue weighted by molar-refractivity contribution is 0.164. The fourth-order valence-electron chi connectivity index (χ4n) is 2.57. The topological polar surface area (TPSA) is 45.1 Å². The molecule has 4 heteroatoms. The van der Waals surface area contributed by atoms with Gasteiger partial charge in [0.05, 0.1) is 6.10 Å². The predicted molar refractivity (Wildman–Crippen MR) is 90.4 cm³/mol. The predicted octanol–water partition coefficient (Wildman–Crippen LogP) is 4.02. The highest BCUT2D eigenvalue weighted by atomic mass is 19.1. The van der Waals surface area contributed by atoms with Gasteiger partial charge in [0, 0.05) is 25.0 Å². The Morgan fingerprint density at radius 1 is 1.04 bits per heavy atom. The average molecular weight is 316 g/mol. The summed E-state index contributed by atoms with van der Waals surface area (Å²) in [4.78, 5) is 3.96. The third-order valence-corrected chi connectivity index (χ3v) is 3.74. The molecule has 23 heavy (non-hydrogen) atoms. The van der Waals surface area contributed by atoms with Crippen LogP contribution in [-0.4, -0.2) is 16.6 Å². The van der Waals surface area contributed by atoms with Crippen LogP contribution in [0.15, 0.2) is 48.8 Å².